The number of carbonyl (C=O) groups excluding carboxylic acids is 1. The quantitative estimate of drug-likeness (QED) is 0.0891. The first-order valence-corrected chi connectivity index (χ1v) is 14.0. The van der Waals surface area contributed by atoms with Gasteiger partial charge in [0.2, 0.25) is 12.2 Å². The molecule has 3 aliphatic rings. The molecule has 1 amide bonds. The summed E-state index contributed by atoms with van der Waals surface area (Å²) in [5.41, 5.74) is 16.7. The van der Waals surface area contributed by atoms with E-state index in [0.717, 1.165) is 0 Å². The molecule has 16 nitrogen and oxygen atoms in total. The predicted octanol–water partition coefficient (Wildman–Crippen LogP) is -5.36. The molecule has 0 aromatic heterocycles. The normalized spacial score (nSPS) is 40.4. The van der Waals surface area contributed by atoms with Gasteiger partial charge in [-0.05, 0) is 45.9 Å². The maximum Gasteiger partial charge on any atom is 0.249 e. The SMILES string of the molecule is CN[C@@H]1[C@@H](O)[C@@H](O[C@@H]2[C@@H](O)[C@H](O[C@H]3OC(CNCCO)=CC[C@H]3N)[C@@H](N)C[C@H]2NC(=O)[C@@H](O)CCN)OC[C@]1(C)O. The van der Waals surface area contributed by atoms with Crippen molar-refractivity contribution in [1.29, 1.82) is 0 Å². The van der Waals surface area contributed by atoms with Gasteiger partial charge in [0.1, 0.15) is 41.9 Å². The molecule has 0 radical (unpaired) electrons. The third kappa shape index (κ3) is 8.54. The van der Waals surface area contributed by atoms with E-state index >= 15 is 0 Å². The Labute approximate surface area is 239 Å². The van der Waals surface area contributed by atoms with Gasteiger partial charge in [0.25, 0.3) is 0 Å². The van der Waals surface area contributed by atoms with Gasteiger partial charge in [-0.1, -0.05) is 0 Å². The Bertz CT molecular complexity index is 869. The summed E-state index contributed by atoms with van der Waals surface area (Å²) in [5.74, 6) is -0.170. The monoisotopic (exact) mass is 592 g/mol. The molecule has 16 heteroatoms. The summed E-state index contributed by atoms with van der Waals surface area (Å²) < 4.78 is 23.7. The molecule has 0 aromatic carbocycles. The van der Waals surface area contributed by atoms with Crippen LogP contribution in [0.4, 0.5) is 0 Å². The molecule has 0 aromatic rings. The summed E-state index contributed by atoms with van der Waals surface area (Å²) in [7, 11) is 1.57. The van der Waals surface area contributed by atoms with Crippen molar-refractivity contribution >= 4 is 5.91 Å². The first-order chi connectivity index (χ1) is 19.4. The summed E-state index contributed by atoms with van der Waals surface area (Å²) in [4.78, 5) is 12.7. The number of nitrogens with two attached hydrogens (primary N) is 3. The molecular weight excluding hydrogens is 544 g/mol. The predicted molar refractivity (Wildman–Crippen MR) is 145 cm³/mol. The van der Waals surface area contributed by atoms with Gasteiger partial charge in [-0.25, -0.2) is 0 Å². The van der Waals surface area contributed by atoms with Gasteiger partial charge in [0, 0.05) is 12.6 Å². The van der Waals surface area contributed by atoms with E-state index < -0.39 is 78.8 Å². The molecule has 0 bridgehead atoms. The number of hydrogen-bond acceptors (Lipinski definition) is 15. The summed E-state index contributed by atoms with van der Waals surface area (Å²) in [6.45, 7) is 2.07. The van der Waals surface area contributed by atoms with Crippen LogP contribution in [0, 0.1) is 0 Å². The molecule has 0 spiro atoms. The van der Waals surface area contributed by atoms with E-state index in [2.05, 4.69) is 16.0 Å². The van der Waals surface area contributed by atoms with Gasteiger partial charge in [-0.3, -0.25) is 4.79 Å². The molecule has 1 aliphatic carbocycles. The molecule has 3 rings (SSSR count). The molecule has 2 fully saturated rings. The van der Waals surface area contributed by atoms with Gasteiger partial charge in [0.15, 0.2) is 6.29 Å². The van der Waals surface area contributed by atoms with Crippen molar-refractivity contribution in [3.05, 3.63) is 11.8 Å². The molecule has 41 heavy (non-hydrogen) atoms. The van der Waals surface area contributed by atoms with Crippen molar-refractivity contribution in [3.63, 3.8) is 0 Å². The fraction of sp³-hybridized carbons (Fsp3) is 0.880. The van der Waals surface area contributed by atoms with Crippen LogP contribution in [0.2, 0.25) is 0 Å². The lowest BCUT2D eigenvalue weighted by molar-refractivity contribution is -0.304. The second-order valence-corrected chi connectivity index (χ2v) is 11.0. The molecule has 2 aliphatic heterocycles. The number of hydrogen-bond donors (Lipinski definition) is 11. The number of aliphatic hydroxyl groups excluding tert-OH is 4. The lowest BCUT2D eigenvalue weighted by Gasteiger charge is -2.48. The average Bonchev–Trinajstić information content (AvgIpc) is 2.91. The zero-order valence-corrected chi connectivity index (χ0v) is 23.6. The van der Waals surface area contributed by atoms with E-state index in [4.69, 9.17) is 41.3 Å². The minimum absolute atomic E-state index is 0.0216. The highest BCUT2D eigenvalue weighted by molar-refractivity contribution is 5.80. The molecular formula is C25H48N6O10. The fourth-order valence-electron chi connectivity index (χ4n) is 5.38. The average molecular weight is 593 g/mol. The summed E-state index contributed by atoms with van der Waals surface area (Å²) >= 11 is 0. The van der Waals surface area contributed by atoms with Crippen LogP contribution < -0.4 is 33.2 Å². The van der Waals surface area contributed by atoms with Crippen molar-refractivity contribution < 1.29 is 49.3 Å². The van der Waals surface area contributed by atoms with Gasteiger partial charge in [-0.2, -0.15) is 0 Å². The van der Waals surface area contributed by atoms with E-state index in [1.807, 2.05) is 6.08 Å². The summed E-state index contributed by atoms with van der Waals surface area (Å²) in [6, 6.07) is -3.12. The van der Waals surface area contributed by atoms with Crippen LogP contribution in [0.1, 0.15) is 26.2 Å². The van der Waals surface area contributed by atoms with Crippen molar-refractivity contribution in [1.82, 2.24) is 16.0 Å². The minimum atomic E-state index is -1.46. The molecule has 14 N–H and O–H groups in total. The first-order valence-electron chi connectivity index (χ1n) is 14.0. The zero-order valence-electron chi connectivity index (χ0n) is 23.6. The minimum Gasteiger partial charge on any atom is -0.467 e. The molecule has 238 valence electrons. The standard InChI is InChI=1S/C25H48N6O10/c1-25(37)11-38-24(18(35)21(25)29-2)41-20-15(31-22(36)16(33)5-6-26)9-14(28)19(17(20)34)40-23-13(27)4-3-12(39-23)10-30-7-8-32/h3,13-21,23-24,29-30,32-35,37H,4-11,26-28H2,1-2H3,(H,31,36)/t13-,14+,15-,16+,17+,18-,19-,20+,21-,23-,24-,25+/m1/s1. The van der Waals surface area contributed by atoms with Gasteiger partial charge in [-0.15, -0.1) is 0 Å². The van der Waals surface area contributed by atoms with Crippen molar-refractivity contribution in [3.8, 4) is 0 Å². The largest absolute Gasteiger partial charge is 0.467 e. The molecule has 2 heterocycles. The lowest BCUT2D eigenvalue weighted by Crippen LogP contribution is -2.69. The second-order valence-electron chi connectivity index (χ2n) is 11.0. The molecule has 1 saturated heterocycles. The maximum atomic E-state index is 12.7. The Hall–Kier alpha value is -1.51. The second kappa shape index (κ2) is 15.3. The number of ether oxygens (including phenoxy) is 4. The van der Waals surface area contributed by atoms with Crippen LogP contribution in [0.25, 0.3) is 0 Å². The van der Waals surface area contributed by atoms with E-state index in [-0.39, 0.29) is 32.6 Å². The highest BCUT2D eigenvalue weighted by Gasteiger charge is 2.51. The third-order valence-corrected chi connectivity index (χ3v) is 7.63. The van der Waals surface area contributed by atoms with E-state index in [1.54, 1.807) is 7.05 Å². The van der Waals surface area contributed by atoms with Gasteiger partial charge < -0.3 is 77.6 Å². The molecule has 0 unspecified atom stereocenters. The smallest absolute Gasteiger partial charge is 0.249 e. The van der Waals surface area contributed by atoms with E-state index in [9.17, 15) is 25.2 Å². The number of rotatable bonds is 13. The fourth-order valence-corrected chi connectivity index (χ4v) is 5.38. The molecule has 1 saturated carbocycles. The number of aliphatic hydroxyl groups is 5. The third-order valence-electron chi connectivity index (χ3n) is 7.63. The van der Waals surface area contributed by atoms with Crippen LogP contribution in [0.15, 0.2) is 11.8 Å². The highest BCUT2D eigenvalue weighted by Crippen LogP contribution is 2.32. The number of nitrogens with one attached hydrogen (secondary N) is 3. The van der Waals surface area contributed by atoms with Crippen LogP contribution in [0.3, 0.4) is 0 Å². The van der Waals surface area contributed by atoms with Crippen LogP contribution in [0.5, 0.6) is 0 Å². The Balaban J connectivity index is 1.79. The number of carbonyl (C=O) groups is 1. The van der Waals surface area contributed by atoms with Gasteiger partial charge >= 0.3 is 0 Å². The van der Waals surface area contributed by atoms with Gasteiger partial charge in [0.05, 0.1) is 37.9 Å². The molecule has 12 atom stereocenters. The number of amides is 1. The van der Waals surface area contributed by atoms with Crippen molar-refractivity contribution in [2.24, 2.45) is 17.2 Å². The van der Waals surface area contributed by atoms with E-state index in [0.29, 0.717) is 25.3 Å². The van der Waals surface area contributed by atoms with Crippen molar-refractivity contribution in [2.75, 3.05) is 39.9 Å². The summed E-state index contributed by atoms with van der Waals surface area (Å²) in [6.07, 6.45) is -6.40. The summed E-state index contributed by atoms with van der Waals surface area (Å²) in [5, 5.41) is 60.7. The van der Waals surface area contributed by atoms with Crippen molar-refractivity contribution in [2.45, 2.75) is 99.1 Å². The van der Waals surface area contributed by atoms with Crippen LogP contribution in [-0.2, 0) is 23.7 Å². The Morgan fingerprint density at radius 3 is 2.56 bits per heavy atom. The Morgan fingerprint density at radius 2 is 1.90 bits per heavy atom. The van der Waals surface area contributed by atoms with Crippen LogP contribution >= 0.6 is 0 Å². The maximum absolute atomic E-state index is 12.7. The van der Waals surface area contributed by atoms with Crippen LogP contribution in [-0.4, -0.2) is 144 Å². The zero-order chi connectivity index (χ0) is 30.3. The Morgan fingerprint density at radius 1 is 1.20 bits per heavy atom. The highest BCUT2D eigenvalue weighted by atomic mass is 16.7. The topological polar surface area (TPSA) is 269 Å². The number of likely N-dealkylation sites (N-methyl/N-ethyl adjacent to an activating group) is 1. The lowest BCUT2D eigenvalue weighted by atomic mass is 9.83. The van der Waals surface area contributed by atoms with E-state index in [1.165, 1.54) is 6.92 Å². The first kappa shape index (κ1) is 34.0. The Kier molecular flexibility index (Phi) is 12.7.